The predicted molar refractivity (Wildman–Crippen MR) is 97.5 cm³/mol. The van der Waals surface area contributed by atoms with Crippen molar-refractivity contribution >= 4 is 29.2 Å². The monoisotopic (exact) mass is 370 g/mol. The molecule has 140 valence electrons. The van der Waals surface area contributed by atoms with Crippen LogP contribution in [0.1, 0.15) is 17.3 Å². The molecule has 0 spiro atoms. The number of amides is 2. The minimum atomic E-state index is -1.11. The van der Waals surface area contributed by atoms with Gasteiger partial charge < -0.3 is 19.9 Å². The number of benzene rings is 2. The maximum atomic E-state index is 12.5. The summed E-state index contributed by atoms with van der Waals surface area (Å²) in [4.78, 5) is 37.4. The Morgan fingerprint density at radius 1 is 1.26 bits per heavy atom. The summed E-state index contributed by atoms with van der Waals surface area (Å²) >= 11 is 0. The van der Waals surface area contributed by atoms with E-state index < -0.39 is 18.0 Å². The van der Waals surface area contributed by atoms with Gasteiger partial charge in [-0.1, -0.05) is 12.1 Å². The van der Waals surface area contributed by atoms with Gasteiger partial charge in [-0.05, 0) is 37.3 Å². The highest BCUT2D eigenvalue weighted by Gasteiger charge is 2.33. The quantitative estimate of drug-likeness (QED) is 0.835. The van der Waals surface area contributed by atoms with Gasteiger partial charge in [0.15, 0.2) is 6.10 Å². The van der Waals surface area contributed by atoms with Gasteiger partial charge >= 0.3 is 5.97 Å². The molecule has 8 heteroatoms. The third kappa shape index (κ3) is 3.69. The number of rotatable bonds is 5. The fourth-order valence-electron chi connectivity index (χ4n) is 2.79. The first-order chi connectivity index (χ1) is 12.9. The largest absolute Gasteiger partial charge is 0.495 e. The minimum Gasteiger partial charge on any atom is -0.495 e. The Morgan fingerprint density at radius 2 is 2.00 bits per heavy atom. The number of carbonyl (C=O) groups excluding carboxylic acids is 2. The highest BCUT2D eigenvalue weighted by molar-refractivity contribution is 6.06. The van der Waals surface area contributed by atoms with Crippen molar-refractivity contribution in [2.24, 2.45) is 0 Å². The molecule has 2 aromatic rings. The zero-order valence-corrected chi connectivity index (χ0v) is 14.8. The molecule has 1 heterocycles. The molecular weight excluding hydrogens is 352 g/mol. The zero-order chi connectivity index (χ0) is 19.6. The third-order valence-electron chi connectivity index (χ3n) is 4.10. The van der Waals surface area contributed by atoms with Crippen molar-refractivity contribution in [2.75, 3.05) is 23.9 Å². The third-order valence-corrected chi connectivity index (χ3v) is 4.10. The number of anilines is 2. The number of hydrogen-bond donors (Lipinski definition) is 2. The number of ether oxygens (including phenoxy) is 2. The Bertz CT molecular complexity index is 911. The van der Waals surface area contributed by atoms with Crippen LogP contribution in [0.25, 0.3) is 0 Å². The molecule has 0 radical (unpaired) electrons. The number of hydrogen-bond acceptors (Lipinski definition) is 5. The van der Waals surface area contributed by atoms with Gasteiger partial charge in [-0.2, -0.15) is 0 Å². The van der Waals surface area contributed by atoms with Crippen LogP contribution < -0.4 is 19.7 Å². The number of methoxy groups -OCH3 is 1. The molecule has 2 amide bonds. The molecule has 27 heavy (non-hydrogen) atoms. The molecule has 1 unspecified atom stereocenters. The zero-order valence-electron chi connectivity index (χ0n) is 14.8. The van der Waals surface area contributed by atoms with E-state index in [1.54, 1.807) is 31.2 Å². The lowest BCUT2D eigenvalue weighted by Crippen LogP contribution is -2.47. The second-order valence-corrected chi connectivity index (χ2v) is 5.92. The van der Waals surface area contributed by atoms with E-state index in [0.29, 0.717) is 17.1 Å². The van der Waals surface area contributed by atoms with Crippen molar-refractivity contribution in [1.82, 2.24) is 0 Å². The second kappa shape index (κ2) is 7.36. The van der Waals surface area contributed by atoms with Crippen molar-refractivity contribution in [3.8, 4) is 11.5 Å². The standard InChI is InChI=1S/C19H18N2O6/c1-11-18(23)21(14-8-7-12(19(24)25)9-16(14)27-11)10-17(22)20-13-5-3-4-6-15(13)26-2/h3-9,11H,10H2,1-2H3,(H,20,22)(H,24,25). The van der Waals surface area contributed by atoms with Gasteiger partial charge in [-0.3, -0.25) is 14.5 Å². The van der Waals surface area contributed by atoms with E-state index in [0.717, 1.165) is 0 Å². The molecule has 3 rings (SSSR count). The van der Waals surface area contributed by atoms with Gasteiger partial charge in [-0.25, -0.2) is 4.79 Å². The van der Waals surface area contributed by atoms with Crippen molar-refractivity contribution in [3.05, 3.63) is 48.0 Å². The van der Waals surface area contributed by atoms with Crippen LogP contribution in [0.15, 0.2) is 42.5 Å². The number of fused-ring (bicyclic) bond motifs is 1. The molecule has 0 saturated carbocycles. The molecule has 1 aliphatic heterocycles. The second-order valence-electron chi connectivity index (χ2n) is 5.92. The summed E-state index contributed by atoms with van der Waals surface area (Å²) in [6.07, 6.45) is -0.833. The van der Waals surface area contributed by atoms with Crippen LogP contribution in [-0.2, 0) is 9.59 Å². The first-order valence-electron chi connectivity index (χ1n) is 8.19. The first-order valence-corrected chi connectivity index (χ1v) is 8.19. The summed E-state index contributed by atoms with van der Waals surface area (Å²) in [5.41, 5.74) is 0.868. The van der Waals surface area contributed by atoms with Crippen molar-refractivity contribution in [2.45, 2.75) is 13.0 Å². The van der Waals surface area contributed by atoms with Crippen LogP contribution in [0.2, 0.25) is 0 Å². The molecular formula is C19H18N2O6. The number of carboxylic acids is 1. The topological polar surface area (TPSA) is 105 Å². The fourth-order valence-corrected chi connectivity index (χ4v) is 2.79. The van der Waals surface area contributed by atoms with Gasteiger partial charge in [0, 0.05) is 0 Å². The lowest BCUT2D eigenvalue weighted by Gasteiger charge is -2.32. The maximum absolute atomic E-state index is 12.5. The summed E-state index contributed by atoms with van der Waals surface area (Å²) < 4.78 is 10.7. The SMILES string of the molecule is COc1ccccc1NC(=O)CN1C(=O)C(C)Oc2cc(C(=O)O)ccc21. The van der Waals surface area contributed by atoms with E-state index >= 15 is 0 Å². The van der Waals surface area contributed by atoms with Gasteiger partial charge in [-0.15, -0.1) is 0 Å². The summed E-state index contributed by atoms with van der Waals surface area (Å²) in [5, 5.41) is 11.8. The number of nitrogens with zero attached hydrogens (tertiary/aromatic N) is 1. The Balaban J connectivity index is 1.84. The Kier molecular flexibility index (Phi) is 4.98. The van der Waals surface area contributed by atoms with Crippen molar-refractivity contribution < 1.29 is 29.0 Å². The molecule has 0 fully saturated rings. The minimum absolute atomic E-state index is 0.0359. The van der Waals surface area contributed by atoms with Crippen LogP contribution in [0.3, 0.4) is 0 Å². The van der Waals surface area contributed by atoms with Crippen LogP contribution in [-0.4, -0.2) is 42.6 Å². The highest BCUT2D eigenvalue weighted by atomic mass is 16.5. The molecule has 0 saturated heterocycles. The van der Waals surface area contributed by atoms with E-state index in [1.807, 2.05) is 0 Å². The van der Waals surface area contributed by atoms with Gasteiger partial charge in [0.2, 0.25) is 5.91 Å². The number of nitrogens with one attached hydrogen (secondary N) is 1. The van der Waals surface area contributed by atoms with Gasteiger partial charge in [0.1, 0.15) is 18.0 Å². The molecule has 1 aliphatic rings. The van der Waals surface area contributed by atoms with E-state index in [-0.39, 0.29) is 23.8 Å². The van der Waals surface area contributed by atoms with Gasteiger partial charge in [0.25, 0.3) is 5.91 Å². The van der Waals surface area contributed by atoms with Crippen LogP contribution in [0.4, 0.5) is 11.4 Å². The number of aromatic carboxylic acids is 1. The van der Waals surface area contributed by atoms with E-state index in [2.05, 4.69) is 5.32 Å². The molecule has 8 nitrogen and oxygen atoms in total. The Morgan fingerprint density at radius 3 is 2.70 bits per heavy atom. The number of carboxylic acid groups (broad SMARTS) is 1. The van der Waals surface area contributed by atoms with Crippen LogP contribution >= 0.6 is 0 Å². The number of para-hydroxylation sites is 2. The summed E-state index contributed by atoms with van der Waals surface area (Å²) in [6, 6.07) is 11.1. The molecule has 0 aromatic heterocycles. The average Bonchev–Trinajstić information content (AvgIpc) is 2.65. The lowest BCUT2D eigenvalue weighted by atomic mass is 10.1. The summed E-state index contributed by atoms with van der Waals surface area (Å²) in [7, 11) is 1.49. The lowest BCUT2D eigenvalue weighted by molar-refractivity contribution is -0.127. The Hall–Kier alpha value is -3.55. The highest BCUT2D eigenvalue weighted by Crippen LogP contribution is 2.35. The summed E-state index contributed by atoms with van der Waals surface area (Å²) in [5.74, 6) is -1.17. The predicted octanol–water partition coefficient (Wildman–Crippen LogP) is 2.15. The molecule has 2 N–H and O–H groups in total. The smallest absolute Gasteiger partial charge is 0.335 e. The molecule has 1 atom stereocenters. The fraction of sp³-hybridized carbons (Fsp3) is 0.211. The Labute approximate surface area is 155 Å². The maximum Gasteiger partial charge on any atom is 0.335 e. The van der Waals surface area contributed by atoms with E-state index in [9.17, 15) is 14.4 Å². The number of carbonyl (C=O) groups is 3. The first kappa shape index (κ1) is 18.2. The van der Waals surface area contributed by atoms with Crippen molar-refractivity contribution in [3.63, 3.8) is 0 Å². The molecule has 0 aliphatic carbocycles. The summed E-state index contributed by atoms with van der Waals surface area (Å²) in [6.45, 7) is 1.30. The van der Waals surface area contributed by atoms with E-state index in [4.69, 9.17) is 14.6 Å². The van der Waals surface area contributed by atoms with Crippen LogP contribution in [0, 0.1) is 0 Å². The normalized spacial score (nSPS) is 15.6. The van der Waals surface area contributed by atoms with Gasteiger partial charge in [0.05, 0.1) is 24.0 Å². The van der Waals surface area contributed by atoms with E-state index in [1.165, 1.54) is 30.2 Å². The average molecular weight is 370 g/mol. The molecule has 0 bridgehead atoms. The molecule has 2 aromatic carbocycles. The van der Waals surface area contributed by atoms with Crippen molar-refractivity contribution in [1.29, 1.82) is 0 Å². The van der Waals surface area contributed by atoms with Crippen LogP contribution in [0.5, 0.6) is 11.5 Å².